The molecule has 0 aliphatic heterocycles. The second kappa shape index (κ2) is 14.8. The number of unbranched alkanes of at least 4 members (excludes halogenated alkanes) is 1. The number of aromatic nitrogens is 3. The monoisotopic (exact) mass is 582 g/mol. The van der Waals surface area contributed by atoms with E-state index in [-0.39, 0.29) is 5.56 Å². The number of benzene rings is 2. The van der Waals surface area contributed by atoms with Crippen molar-refractivity contribution >= 4 is 11.6 Å². The molecule has 0 fully saturated rings. The van der Waals surface area contributed by atoms with Gasteiger partial charge in [-0.2, -0.15) is 5.26 Å². The Morgan fingerprint density at radius 1 is 0.976 bits per heavy atom. The molecule has 42 heavy (non-hydrogen) atoms. The van der Waals surface area contributed by atoms with Crippen molar-refractivity contribution < 1.29 is 4.74 Å². The van der Waals surface area contributed by atoms with E-state index in [9.17, 15) is 10.1 Å². The molecule has 0 N–H and O–H groups in total. The van der Waals surface area contributed by atoms with E-state index in [0.717, 1.165) is 73.1 Å². The van der Waals surface area contributed by atoms with Crippen LogP contribution in [0.5, 0.6) is 5.75 Å². The highest BCUT2D eigenvalue weighted by Crippen LogP contribution is 2.35. The van der Waals surface area contributed by atoms with Gasteiger partial charge in [0.05, 0.1) is 5.69 Å². The lowest BCUT2D eigenvalue weighted by atomic mass is 9.94. The van der Waals surface area contributed by atoms with Gasteiger partial charge in [-0.1, -0.05) is 88.0 Å². The van der Waals surface area contributed by atoms with Gasteiger partial charge >= 0.3 is 0 Å². The summed E-state index contributed by atoms with van der Waals surface area (Å²) in [7, 11) is 0. The van der Waals surface area contributed by atoms with Crippen molar-refractivity contribution in [2.45, 2.75) is 85.2 Å². The minimum absolute atomic E-state index is 0.0787. The standard InChI is InChI=1S/C35H39ClN4O2/c1-5-8-17-31-29(35(41)40(24(4)39-31)33-18-11-12-19-38-33)22-25-20-26(13-6-2)34(27(21-25)14-7-3)42-32(23-37)28-15-9-10-16-30(28)36/h9-12,15-16,18-21,32H,5-8,13-14,17,22H2,1-4H3. The molecule has 2 aromatic heterocycles. The third-order valence-corrected chi connectivity index (χ3v) is 7.68. The maximum Gasteiger partial charge on any atom is 0.263 e. The number of aryl methyl sites for hydroxylation is 4. The van der Waals surface area contributed by atoms with E-state index in [0.29, 0.717) is 34.2 Å². The maximum atomic E-state index is 14.0. The summed E-state index contributed by atoms with van der Waals surface area (Å²) in [5.74, 6) is 1.95. The summed E-state index contributed by atoms with van der Waals surface area (Å²) >= 11 is 6.44. The number of nitrogens with zero attached hydrogens (tertiary/aromatic N) is 4. The first-order valence-corrected chi connectivity index (χ1v) is 15.3. The molecule has 1 atom stereocenters. The Balaban J connectivity index is 1.82. The maximum absolute atomic E-state index is 14.0. The fraction of sp³-hybridized carbons (Fsp3) is 0.371. The number of rotatable bonds is 13. The van der Waals surface area contributed by atoms with Crippen LogP contribution >= 0.6 is 11.6 Å². The molecule has 0 saturated heterocycles. The van der Waals surface area contributed by atoms with Crippen LogP contribution in [-0.2, 0) is 25.7 Å². The van der Waals surface area contributed by atoms with Gasteiger partial charge in [0, 0.05) is 28.8 Å². The summed E-state index contributed by atoms with van der Waals surface area (Å²) in [5, 5.41) is 10.6. The molecule has 0 aliphatic rings. The Morgan fingerprint density at radius 2 is 1.67 bits per heavy atom. The van der Waals surface area contributed by atoms with Gasteiger partial charge in [0.1, 0.15) is 23.5 Å². The normalized spacial score (nSPS) is 11.7. The number of nitriles is 1. The lowest BCUT2D eigenvalue weighted by Crippen LogP contribution is -2.29. The van der Waals surface area contributed by atoms with Crippen LogP contribution in [0, 0.1) is 18.3 Å². The van der Waals surface area contributed by atoms with Gasteiger partial charge in [0.2, 0.25) is 6.10 Å². The Morgan fingerprint density at radius 3 is 2.26 bits per heavy atom. The molecular formula is C35H39ClN4O2. The fourth-order valence-electron chi connectivity index (χ4n) is 5.36. The Bertz CT molecular complexity index is 1580. The van der Waals surface area contributed by atoms with Crippen molar-refractivity contribution in [2.75, 3.05) is 0 Å². The number of hydrogen-bond acceptors (Lipinski definition) is 5. The van der Waals surface area contributed by atoms with Gasteiger partial charge in [-0.3, -0.25) is 4.79 Å². The molecule has 4 rings (SSSR count). The van der Waals surface area contributed by atoms with Crippen LogP contribution in [-0.4, -0.2) is 14.5 Å². The Kier molecular flexibility index (Phi) is 10.9. The second-order valence-corrected chi connectivity index (χ2v) is 11.0. The number of hydrogen-bond donors (Lipinski definition) is 0. The number of pyridine rings is 1. The van der Waals surface area contributed by atoms with E-state index in [1.54, 1.807) is 16.8 Å². The summed E-state index contributed by atoms with van der Waals surface area (Å²) in [5.41, 5.74) is 5.22. The van der Waals surface area contributed by atoms with Crippen molar-refractivity contribution in [3.8, 4) is 17.6 Å². The van der Waals surface area contributed by atoms with Crippen molar-refractivity contribution in [3.63, 3.8) is 0 Å². The average Bonchev–Trinajstić information content (AvgIpc) is 2.99. The van der Waals surface area contributed by atoms with E-state index < -0.39 is 6.10 Å². The third kappa shape index (κ3) is 7.09. The van der Waals surface area contributed by atoms with Crippen molar-refractivity contribution in [2.24, 2.45) is 0 Å². The molecule has 0 radical (unpaired) electrons. The summed E-state index contributed by atoms with van der Waals surface area (Å²) < 4.78 is 8.08. The first kappa shape index (κ1) is 31.0. The van der Waals surface area contributed by atoms with Crippen molar-refractivity contribution in [3.05, 3.63) is 116 Å². The molecule has 0 spiro atoms. The topological polar surface area (TPSA) is 80.8 Å². The van der Waals surface area contributed by atoms with Crippen LogP contribution in [0.15, 0.2) is 65.6 Å². The minimum atomic E-state index is -0.830. The minimum Gasteiger partial charge on any atom is -0.470 e. The molecule has 0 amide bonds. The molecule has 0 bridgehead atoms. The summed E-state index contributed by atoms with van der Waals surface area (Å²) in [4.78, 5) is 23.4. The molecule has 4 aromatic rings. The Labute approximate surface area is 254 Å². The highest BCUT2D eigenvalue weighted by Gasteiger charge is 2.22. The zero-order chi connectivity index (χ0) is 30.1. The zero-order valence-corrected chi connectivity index (χ0v) is 25.7. The van der Waals surface area contributed by atoms with Gasteiger partial charge in [0.15, 0.2) is 0 Å². The predicted octanol–water partition coefficient (Wildman–Crippen LogP) is 8.07. The van der Waals surface area contributed by atoms with Gasteiger partial charge in [-0.25, -0.2) is 14.5 Å². The van der Waals surface area contributed by atoms with Crippen LogP contribution in [0.3, 0.4) is 0 Å². The van der Waals surface area contributed by atoms with E-state index in [1.807, 2.05) is 43.3 Å². The van der Waals surface area contributed by atoms with Gasteiger partial charge in [0.25, 0.3) is 5.56 Å². The molecular weight excluding hydrogens is 544 g/mol. The van der Waals surface area contributed by atoms with Crippen LogP contribution in [0.1, 0.15) is 91.9 Å². The highest BCUT2D eigenvalue weighted by atomic mass is 35.5. The molecule has 2 heterocycles. The molecule has 7 heteroatoms. The van der Waals surface area contributed by atoms with E-state index in [2.05, 4.69) is 44.0 Å². The van der Waals surface area contributed by atoms with Gasteiger partial charge in [-0.15, -0.1) is 0 Å². The zero-order valence-electron chi connectivity index (χ0n) is 25.0. The van der Waals surface area contributed by atoms with Crippen LogP contribution < -0.4 is 10.3 Å². The molecule has 0 saturated carbocycles. The summed E-state index contributed by atoms with van der Waals surface area (Å²) in [6.07, 6.45) is 7.43. The number of ether oxygens (including phenoxy) is 1. The van der Waals surface area contributed by atoms with Crippen LogP contribution in [0.25, 0.3) is 5.82 Å². The van der Waals surface area contributed by atoms with E-state index in [1.165, 1.54) is 0 Å². The molecule has 0 aliphatic carbocycles. The first-order chi connectivity index (χ1) is 20.4. The van der Waals surface area contributed by atoms with Crippen molar-refractivity contribution in [1.82, 2.24) is 14.5 Å². The lowest BCUT2D eigenvalue weighted by Gasteiger charge is -2.22. The highest BCUT2D eigenvalue weighted by molar-refractivity contribution is 6.31. The summed E-state index contributed by atoms with van der Waals surface area (Å²) in [6.45, 7) is 8.27. The smallest absolute Gasteiger partial charge is 0.263 e. The largest absolute Gasteiger partial charge is 0.470 e. The second-order valence-electron chi connectivity index (χ2n) is 10.6. The summed E-state index contributed by atoms with van der Waals surface area (Å²) in [6, 6.07) is 19.4. The van der Waals surface area contributed by atoms with Crippen LogP contribution in [0.4, 0.5) is 0 Å². The molecule has 1 unspecified atom stereocenters. The average molecular weight is 583 g/mol. The quantitative estimate of drug-likeness (QED) is 0.159. The number of halogens is 1. The molecule has 6 nitrogen and oxygen atoms in total. The van der Waals surface area contributed by atoms with Gasteiger partial charge < -0.3 is 4.74 Å². The molecule has 2 aromatic carbocycles. The Hall–Kier alpha value is -3.95. The fourth-order valence-corrected chi connectivity index (χ4v) is 5.60. The van der Waals surface area contributed by atoms with Crippen LogP contribution in [0.2, 0.25) is 5.02 Å². The van der Waals surface area contributed by atoms with E-state index in [4.69, 9.17) is 21.3 Å². The third-order valence-electron chi connectivity index (χ3n) is 7.34. The van der Waals surface area contributed by atoms with Gasteiger partial charge in [-0.05, 0) is 67.5 Å². The van der Waals surface area contributed by atoms with Crippen molar-refractivity contribution in [1.29, 1.82) is 5.26 Å². The van der Waals surface area contributed by atoms with E-state index >= 15 is 0 Å². The lowest BCUT2D eigenvalue weighted by molar-refractivity contribution is 0.257. The SMILES string of the molecule is CCCCc1nc(C)n(-c2ccccn2)c(=O)c1Cc1cc(CCC)c(OC(C#N)c2ccccc2Cl)c(CCC)c1. The first-order valence-electron chi connectivity index (χ1n) is 14.9. The molecule has 218 valence electrons. The predicted molar refractivity (Wildman–Crippen MR) is 169 cm³/mol.